The minimum absolute atomic E-state index is 0.0265. The molecule has 17 heavy (non-hydrogen) atoms. The standard InChI is InChI=1S/C12H21N3O2/c1-3-15-9-14-8-11(15)7-10(13)5-6-12(16)17-4-2/h8-10H,3-7,13H2,1-2H3. The molecule has 0 saturated heterocycles. The molecule has 5 nitrogen and oxygen atoms in total. The third-order valence-corrected chi connectivity index (χ3v) is 2.64. The molecule has 1 aromatic heterocycles. The number of hydrogen-bond acceptors (Lipinski definition) is 4. The van der Waals surface area contributed by atoms with E-state index in [0.29, 0.717) is 19.4 Å². The molecule has 96 valence electrons. The van der Waals surface area contributed by atoms with Gasteiger partial charge in [0.25, 0.3) is 0 Å². The average Bonchev–Trinajstić information content (AvgIpc) is 2.74. The highest BCUT2D eigenvalue weighted by Crippen LogP contribution is 2.06. The second kappa shape index (κ2) is 7.06. The van der Waals surface area contributed by atoms with Gasteiger partial charge in [-0.25, -0.2) is 4.98 Å². The maximum absolute atomic E-state index is 11.2. The number of carbonyl (C=O) groups is 1. The lowest BCUT2D eigenvalue weighted by Crippen LogP contribution is -2.25. The number of carbonyl (C=O) groups excluding carboxylic acids is 1. The second-order valence-electron chi connectivity index (χ2n) is 3.98. The molecule has 1 atom stereocenters. The molecule has 0 aromatic carbocycles. The Bertz CT molecular complexity index is 349. The average molecular weight is 239 g/mol. The van der Waals surface area contributed by atoms with E-state index in [1.165, 1.54) is 0 Å². The van der Waals surface area contributed by atoms with Gasteiger partial charge in [-0.15, -0.1) is 0 Å². The summed E-state index contributed by atoms with van der Waals surface area (Å²) in [5, 5.41) is 0. The van der Waals surface area contributed by atoms with E-state index in [2.05, 4.69) is 16.5 Å². The molecule has 0 spiro atoms. The first-order chi connectivity index (χ1) is 8.17. The minimum Gasteiger partial charge on any atom is -0.466 e. The summed E-state index contributed by atoms with van der Waals surface area (Å²) in [7, 11) is 0. The number of nitrogens with two attached hydrogens (primary N) is 1. The van der Waals surface area contributed by atoms with E-state index in [4.69, 9.17) is 10.5 Å². The van der Waals surface area contributed by atoms with Crippen molar-refractivity contribution in [2.24, 2.45) is 5.73 Å². The van der Waals surface area contributed by atoms with Gasteiger partial charge in [-0.05, 0) is 20.3 Å². The zero-order valence-corrected chi connectivity index (χ0v) is 10.6. The number of rotatable bonds is 7. The molecule has 1 unspecified atom stereocenters. The van der Waals surface area contributed by atoms with Crippen LogP contribution in [-0.2, 0) is 22.5 Å². The summed E-state index contributed by atoms with van der Waals surface area (Å²) < 4.78 is 6.92. The SMILES string of the molecule is CCOC(=O)CCC(N)Cc1cncn1CC. The lowest BCUT2D eigenvalue weighted by atomic mass is 10.1. The summed E-state index contributed by atoms with van der Waals surface area (Å²) in [6, 6.07) is -0.0265. The molecule has 1 aromatic rings. The highest BCUT2D eigenvalue weighted by molar-refractivity contribution is 5.69. The summed E-state index contributed by atoms with van der Waals surface area (Å²) in [6.45, 7) is 5.18. The molecule has 0 aliphatic carbocycles. The Balaban J connectivity index is 2.34. The van der Waals surface area contributed by atoms with Gasteiger partial charge in [-0.3, -0.25) is 4.79 Å². The first-order valence-corrected chi connectivity index (χ1v) is 6.07. The van der Waals surface area contributed by atoms with Crippen LogP contribution in [0.15, 0.2) is 12.5 Å². The highest BCUT2D eigenvalue weighted by atomic mass is 16.5. The maximum atomic E-state index is 11.2. The van der Waals surface area contributed by atoms with Gasteiger partial charge < -0.3 is 15.0 Å². The zero-order valence-electron chi connectivity index (χ0n) is 10.6. The summed E-state index contributed by atoms with van der Waals surface area (Å²) in [4.78, 5) is 15.3. The Morgan fingerprint density at radius 1 is 1.59 bits per heavy atom. The molecule has 0 radical (unpaired) electrons. The highest BCUT2D eigenvalue weighted by Gasteiger charge is 2.10. The molecule has 1 heterocycles. The molecule has 0 aliphatic rings. The van der Waals surface area contributed by atoms with E-state index < -0.39 is 0 Å². The summed E-state index contributed by atoms with van der Waals surface area (Å²) >= 11 is 0. The normalized spacial score (nSPS) is 12.4. The lowest BCUT2D eigenvalue weighted by Gasteiger charge is -2.12. The minimum atomic E-state index is -0.174. The molecular weight excluding hydrogens is 218 g/mol. The molecule has 0 saturated carbocycles. The van der Waals surface area contributed by atoms with Gasteiger partial charge in [0.15, 0.2) is 0 Å². The molecular formula is C12H21N3O2. The zero-order chi connectivity index (χ0) is 12.7. The van der Waals surface area contributed by atoms with Crippen molar-refractivity contribution in [2.75, 3.05) is 6.61 Å². The molecule has 0 aliphatic heterocycles. The third-order valence-electron chi connectivity index (χ3n) is 2.64. The molecule has 0 bridgehead atoms. The fraction of sp³-hybridized carbons (Fsp3) is 0.667. The van der Waals surface area contributed by atoms with Gasteiger partial charge in [-0.2, -0.15) is 0 Å². The van der Waals surface area contributed by atoms with Crippen LogP contribution in [0.3, 0.4) is 0 Å². The van der Waals surface area contributed by atoms with Gasteiger partial charge in [0.1, 0.15) is 0 Å². The Morgan fingerprint density at radius 3 is 3.00 bits per heavy atom. The fourth-order valence-corrected chi connectivity index (χ4v) is 1.71. The number of hydrogen-bond donors (Lipinski definition) is 1. The Morgan fingerprint density at radius 2 is 2.35 bits per heavy atom. The molecule has 0 amide bonds. The van der Waals surface area contributed by atoms with Crippen LogP contribution in [-0.4, -0.2) is 28.2 Å². The van der Waals surface area contributed by atoms with Gasteiger partial charge in [-0.1, -0.05) is 0 Å². The van der Waals surface area contributed by atoms with E-state index in [0.717, 1.165) is 18.7 Å². The smallest absolute Gasteiger partial charge is 0.305 e. The topological polar surface area (TPSA) is 70.1 Å². The van der Waals surface area contributed by atoms with Crippen molar-refractivity contribution in [1.29, 1.82) is 0 Å². The van der Waals surface area contributed by atoms with Gasteiger partial charge in [0, 0.05) is 37.3 Å². The first-order valence-electron chi connectivity index (χ1n) is 6.07. The van der Waals surface area contributed by atoms with Gasteiger partial charge in [0.05, 0.1) is 12.9 Å². The summed E-state index contributed by atoms with van der Waals surface area (Å²) in [5.41, 5.74) is 7.10. The molecule has 5 heteroatoms. The predicted octanol–water partition coefficient (Wildman–Crippen LogP) is 1.12. The van der Waals surface area contributed by atoms with Crippen LogP contribution in [0.1, 0.15) is 32.4 Å². The van der Waals surface area contributed by atoms with Crippen molar-refractivity contribution in [3.8, 4) is 0 Å². The van der Waals surface area contributed by atoms with Crippen LogP contribution in [0.2, 0.25) is 0 Å². The van der Waals surface area contributed by atoms with Crippen molar-refractivity contribution >= 4 is 5.97 Å². The van der Waals surface area contributed by atoms with Crippen LogP contribution in [0.4, 0.5) is 0 Å². The van der Waals surface area contributed by atoms with E-state index >= 15 is 0 Å². The second-order valence-corrected chi connectivity index (χ2v) is 3.98. The van der Waals surface area contributed by atoms with Crippen molar-refractivity contribution < 1.29 is 9.53 Å². The van der Waals surface area contributed by atoms with Crippen molar-refractivity contribution in [3.05, 3.63) is 18.2 Å². The first kappa shape index (κ1) is 13.7. The largest absolute Gasteiger partial charge is 0.466 e. The van der Waals surface area contributed by atoms with Crippen molar-refractivity contribution in [3.63, 3.8) is 0 Å². The van der Waals surface area contributed by atoms with E-state index in [9.17, 15) is 4.79 Å². The van der Waals surface area contributed by atoms with Crippen molar-refractivity contribution in [2.45, 2.75) is 45.7 Å². The Hall–Kier alpha value is -1.36. The molecule has 1 rings (SSSR count). The Kier molecular flexibility index (Phi) is 5.69. The lowest BCUT2D eigenvalue weighted by molar-refractivity contribution is -0.143. The van der Waals surface area contributed by atoms with Crippen LogP contribution in [0.5, 0.6) is 0 Å². The number of esters is 1. The van der Waals surface area contributed by atoms with E-state index in [-0.39, 0.29) is 12.0 Å². The van der Waals surface area contributed by atoms with Crippen LogP contribution in [0.25, 0.3) is 0 Å². The van der Waals surface area contributed by atoms with Crippen molar-refractivity contribution in [1.82, 2.24) is 9.55 Å². The quantitative estimate of drug-likeness (QED) is 0.724. The number of nitrogens with zero attached hydrogens (tertiary/aromatic N) is 2. The molecule has 2 N–H and O–H groups in total. The van der Waals surface area contributed by atoms with E-state index in [1.54, 1.807) is 13.3 Å². The molecule has 0 fully saturated rings. The fourth-order valence-electron chi connectivity index (χ4n) is 1.71. The maximum Gasteiger partial charge on any atom is 0.305 e. The summed E-state index contributed by atoms with van der Waals surface area (Å²) in [6.07, 6.45) is 5.40. The van der Waals surface area contributed by atoms with Crippen LogP contribution >= 0.6 is 0 Å². The van der Waals surface area contributed by atoms with Crippen LogP contribution in [0, 0.1) is 0 Å². The number of imidazole rings is 1. The number of aromatic nitrogens is 2. The monoisotopic (exact) mass is 239 g/mol. The van der Waals surface area contributed by atoms with Gasteiger partial charge in [0.2, 0.25) is 0 Å². The van der Waals surface area contributed by atoms with E-state index in [1.807, 2.05) is 6.20 Å². The predicted molar refractivity (Wildman–Crippen MR) is 65.4 cm³/mol. The Labute approximate surface area is 102 Å². The summed E-state index contributed by atoms with van der Waals surface area (Å²) in [5.74, 6) is -0.174. The van der Waals surface area contributed by atoms with Crippen LogP contribution < -0.4 is 5.73 Å². The third kappa shape index (κ3) is 4.56. The van der Waals surface area contributed by atoms with Gasteiger partial charge >= 0.3 is 5.97 Å². The number of ether oxygens (including phenoxy) is 1. The number of aryl methyl sites for hydroxylation is 1.